The Morgan fingerprint density at radius 3 is 2.55 bits per heavy atom. The summed E-state index contributed by atoms with van der Waals surface area (Å²) in [4.78, 5) is 41.0. The van der Waals surface area contributed by atoms with Gasteiger partial charge in [0.05, 0.1) is 24.3 Å². The van der Waals surface area contributed by atoms with Crippen LogP contribution in [-0.4, -0.2) is 49.3 Å². The standard InChI is InChI=1S/C22H26N4O3/c1-14-9-10-16(15(2)11-14)23-20(27)12-19-22(29)24-17-7-5-6-8-18(17)26(19)13-21(28)25(3)4/h5-11,19H,12-13H2,1-4H3,(H,23,27)(H,24,29)/t19-/m0/s1. The van der Waals surface area contributed by atoms with E-state index in [-0.39, 0.29) is 30.7 Å². The molecule has 3 amide bonds. The van der Waals surface area contributed by atoms with E-state index in [1.807, 2.05) is 50.2 Å². The van der Waals surface area contributed by atoms with Crippen molar-refractivity contribution < 1.29 is 14.4 Å². The third-order valence-electron chi connectivity index (χ3n) is 4.99. The summed E-state index contributed by atoms with van der Waals surface area (Å²) in [5.74, 6) is -0.723. The first-order valence-electron chi connectivity index (χ1n) is 9.50. The molecule has 0 fully saturated rings. The Balaban J connectivity index is 1.83. The molecule has 1 atom stereocenters. The zero-order valence-electron chi connectivity index (χ0n) is 17.2. The molecule has 7 nitrogen and oxygen atoms in total. The Kier molecular flexibility index (Phi) is 5.87. The Bertz CT molecular complexity index is 955. The van der Waals surface area contributed by atoms with Gasteiger partial charge in [-0.2, -0.15) is 0 Å². The number of fused-ring (bicyclic) bond motifs is 1. The molecule has 0 radical (unpaired) electrons. The van der Waals surface area contributed by atoms with Crippen molar-refractivity contribution >= 4 is 34.8 Å². The third kappa shape index (κ3) is 4.56. The molecule has 2 aromatic carbocycles. The van der Waals surface area contributed by atoms with Crippen molar-refractivity contribution in [3.63, 3.8) is 0 Å². The van der Waals surface area contributed by atoms with Crippen molar-refractivity contribution in [1.29, 1.82) is 0 Å². The summed E-state index contributed by atoms with van der Waals surface area (Å²) in [5, 5.41) is 5.73. The Labute approximate surface area is 170 Å². The lowest BCUT2D eigenvalue weighted by Gasteiger charge is -2.37. The van der Waals surface area contributed by atoms with Crippen LogP contribution in [0.5, 0.6) is 0 Å². The van der Waals surface area contributed by atoms with Crippen molar-refractivity contribution in [1.82, 2.24) is 4.90 Å². The number of rotatable bonds is 5. The first kappa shape index (κ1) is 20.4. The number of para-hydroxylation sites is 2. The molecule has 0 aliphatic carbocycles. The fourth-order valence-corrected chi connectivity index (χ4v) is 3.37. The molecule has 0 bridgehead atoms. The highest BCUT2D eigenvalue weighted by Gasteiger charge is 2.35. The van der Waals surface area contributed by atoms with E-state index in [9.17, 15) is 14.4 Å². The van der Waals surface area contributed by atoms with E-state index in [2.05, 4.69) is 10.6 Å². The summed E-state index contributed by atoms with van der Waals surface area (Å²) in [6, 6.07) is 12.3. The first-order valence-corrected chi connectivity index (χ1v) is 9.50. The number of anilines is 3. The van der Waals surface area contributed by atoms with Crippen molar-refractivity contribution in [2.75, 3.05) is 36.2 Å². The normalized spacial score (nSPS) is 15.4. The van der Waals surface area contributed by atoms with E-state index in [4.69, 9.17) is 0 Å². The lowest BCUT2D eigenvalue weighted by atomic mass is 10.0. The molecule has 0 spiro atoms. The van der Waals surface area contributed by atoms with Gasteiger partial charge in [-0.3, -0.25) is 14.4 Å². The smallest absolute Gasteiger partial charge is 0.247 e. The fraction of sp³-hybridized carbons (Fsp3) is 0.318. The lowest BCUT2D eigenvalue weighted by molar-refractivity contribution is -0.128. The second kappa shape index (κ2) is 8.34. The summed E-state index contributed by atoms with van der Waals surface area (Å²) in [7, 11) is 3.33. The van der Waals surface area contributed by atoms with Crippen LogP contribution < -0.4 is 15.5 Å². The molecule has 0 saturated carbocycles. The topological polar surface area (TPSA) is 81.8 Å². The number of benzene rings is 2. The van der Waals surface area contributed by atoms with Crippen molar-refractivity contribution in [3.05, 3.63) is 53.6 Å². The van der Waals surface area contributed by atoms with Gasteiger partial charge in [0.25, 0.3) is 0 Å². The summed E-state index contributed by atoms with van der Waals surface area (Å²) < 4.78 is 0. The highest BCUT2D eigenvalue weighted by atomic mass is 16.2. The number of carbonyl (C=O) groups excluding carboxylic acids is 3. The second-order valence-electron chi connectivity index (χ2n) is 7.51. The van der Waals surface area contributed by atoms with E-state index < -0.39 is 6.04 Å². The number of likely N-dealkylation sites (N-methyl/N-ethyl adjacent to an activating group) is 1. The number of nitrogens with zero attached hydrogens (tertiary/aromatic N) is 2. The molecule has 152 valence electrons. The predicted molar refractivity (Wildman–Crippen MR) is 114 cm³/mol. The van der Waals surface area contributed by atoms with Gasteiger partial charge in [0.15, 0.2) is 0 Å². The number of hydrogen-bond acceptors (Lipinski definition) is 4. The molecule has 0 unspecified atom stereocenters. The average molecular weight is 394 g/mol. The highest BCUT2D eigenvalue weighted by Crippen LogP contribution is 2.33. The third-order valence-corrected chi connectivity index (χ3v) is 4.99. The summed E-state index contributed by atoms with van der Waals surface area (Å²) in [6.07, 6.45) is -0.0613. The SMILES string of the molecule is Cc1ccc(NC(=O)C[C@H]2C(=O)Nc3ccccc3N2CC(=O)N(C)C)c(C)c1. The molecule has 1 aliphatic rings. The predicted octanol–water partition coefficient (Wildman–Crippen LogP) is 2.55. The fourth-order valence-electron chi connectivity index (χ4n) is 3.37. The molecular weight excluding hydrogens is 368 g/mol. The quantitative estimate of drug-likeness (QED) is 0.817. The van der Waals surface area contributed by atoms with Crippen LogP contribution in [0.3, 0.4) is 0 Å². The zero-order chi connectivity index (χ0) is 21.1. The zero-order valence-corrected chi connectivity index (χ0v) is 17.2. The molecule has 2 aromatic rings. The largest absolute Gasteiger partial charge is 0.348 e. The molecular formula is C22H26N4O3. The maximum atomic E-state index is 12.8. The van der Waals surface area contributed by atoms with Crippen molar-refractivity contribution in [2.45, 2.75) is 26.3 Å². The van der Waals surface area contributed by atoms with E-state index >= 15 is 0 Å². The van der Waals surface area contributed by atoms with Crippen LogP contribution in [0.1, 0.15) is 17.5 Å². The molecule has 1 aliphatic heterocycles. The summed E-state index contributed by atoms with van der Waals surface area (Å²) in [6.45, 7) is 3.93. The second-order valence-corrected chi connectivity index (χ2v) is 7.51. The van der Waals surface area contributed by atoms with Gasteiger partial charge in [0.2, 0.25) is 17.7 Å². The van der Waals surface area contributed by atoms with E-state index in [0.717, 1.165) is 16.8 Å². The van der Waals surface area contributed by atoms with Gasteiger partial charge in [0, 0.05) is 19.8 Å². The Morgan fingerprint density at radius 1 is 1.14 bits per heavy atom. The number of aryl methyl sites for hydroxylation is 2. The average Bonchev–Trinajstić information content (AvgIpc) is 2.66. The molecule has 29 heavy (non-hydrogen) atoms. The minimum atomic E-state index is -0.778. The summed E-state index contributed by atoms with van der Waals surface area (Å²) >= 11 is 0. The maximum Gasteiger partial charge on any atom is 0.247 e. The molecule has 7 heteroatoms. The van der Waals surface area contributed by atoms with Gasteiger partial charge in [-0.05, 0) is 37.6 Å². The highest BCUT2D eigenvalue weighted by molar-refractivity contribution is 6.07. The van der Waals surface area contributed by atoms with Gasteiger partial charge >= 0.3 is 0 Å². The maximum absolute atomic E-state index is 12.8. The van der Waals surface area contributed by atoms with Gasteiger partial charge in [-0.25, -0.2) is 0 Å². The van der Waals surface area contributed by atoms with Crippen LogP contribution in [0, 0.1) is 13.8 Å². The number of nitrogens with one attached hydrogen (secondary N) is 2. The van der Waals surface area contributed by atoms with Gasteiger partial charge in [0.1, 0.15) is 6.04 Å². The number of amides is 3. The lowest BCUT2D eigenvalue weighted by Crippen LogP contribution is -2.52. The molecule has 0 saturated heterocycles. The molecule has 0 aromatic heterocycles. The van der Waals surface area contributed by atoms with Crippen molar-refractivity contribution in [3.8, 4) is 0 Å². The number of hydrogen-bond donors (Lipinski definition) is 2. The van der Waals surface area contributed by atoms with Crippen LogP contribution in [0.15, 0.2) is 42.5 Å². The van der Waals surface area contributed by atoms with Crippen molar-refractivity contribution in [2.24, 2.45) is 0 Å². The molecule has 1 heterocycles. The molecule has 3 rings (SSSR count). The van der Waals surface area contributed by atoms with Gasteiger partial charge < -0.3 is 20.4 Å². The van der Waals surface area contributed by atoms with Crippen LogP contribution in [0.25, 0.3) is 0 Å². The number of carbonyl (C=O) groups is 3. The van der Waals surface area contributed by atoms with Crippen LogP contribution in [-0.2, 0) is 14.4 Å². The monoisotopic (exact) mass is 394 g/mol. The summed E-state index contributed by atoms with van der Waals surface area (Å²) in [5.41, 5.74) is 4.14. The Morgan fingerprint density at radius 2 is 1.86 bits per heavy atom. The molecule has 2 N–H and O–H groups in total. The van der Waals surface area contributed by atoms with E-state index in [1.54, 1.807) is 25.1 Å². The van der Waals surface area contributed by atoms with Gasteiger partial charge in [-0.15, -0.1) is 0 Å². The minimum Gasteiger partial charge on any atom is -0.348 e. The van der Waals surface area contributed by atoms with Gasteiger partial charge in [-0.1, -0.05) is 29.8 Å². The van der Waals surface area contributed by atoms with Crippen LogP contribution >= 0.6 is 0 Å². The Hall–Kier alpha value is -3.35. The van der Waals surface area contributed by atoms with E-state index in [1.165, 1.54) is 4.90 Å². The minimum absolute atomic E-state index is 0.0128. The first-order chi connectivity index (χ1) is 13.8. The van der Waals surface area contributed by atoms with E-state index in [0.29, 0.717) is 11.4 Å². The van der Waals surface area contributed by atoms with Crippen LogP contribution in [0.4, 0.5) is 17.1 Å². The van der Waals surface area contributed by atoms with Crippen LogP contribution in [0.2, 0.25) is 0 Å².